The molecular formula is C44H59ClF2N8O4. The number of fused-ring (bicyclic) bond motifs is 2. The normalized spacial score (nSPS) is 18.9. The third-order valence-electron chi connectivity index (χ3n) is 11.9. The maximum Gasteiger partial charge on any atom is 0.290 e. The molecule has 0 bridgehead atoms. The number of carboxylic acid groups (broad SMARTS) is 1. The number of aryl methyl sites for hydroxylation is 2. The lowest BCUT2D eigenvalue weighted by atomic mass is 9.94. The number of nitrogens with one attached hydrogen (secondary N) is 1. The van der Waals surface area contributed by atoms with E-state index in [2.05, 4.69) is 17.3 Å². The average Bonchev–Trinajstić information content (AvgIpc) is 3.70. The van der Waals surface area contributed by atoms with Gasteiger partial charge in [0.2, 0.25) is 11.8 Å². The minimum Gasteiger partial charge on any atom is -0.483 e. The van der Waals surface area contributed by atoms with Crippen molar-refractivity contribution in [3.8, 4) is 0 Å². The molecule has 2 saturated heterocycles. The highest BCUT2D eigenvalue weighted by molar-refractivity contribution is 5.85. The molecule has 2 amide bonds. The molecule has 0 saturated carbocycles. The van der Waals surface area contributed by atoms with Crippen molar-refractivity contribution in [1.29, 1.82) is 0 Å². The molecule has 0 radical (unpaired) electrons. The first kappa shape index (κ1) is 45.4. The maximum absolute atomic E-state index is 13.2. The van der Waals surface area contributed by atoms with Gasteiger partial charge < -0.3 is 25.1 Å². The van der Waals surface area contributed by atoms with E-state index in [0.29, 0.717) is 50.9 Å². The molecule has 2 N–H and O–H groups in total. The standard InChI is InChI=1S/C22H29FN4O.C21H27FN4O.CH2O2.ClH/c1-16-20-9-11-26(22(28)12-18-4-3-10-25(2)13-18)15-21(20)27(24-16)14-17-5-7-19(23)8-6-17;1-15-19-8-10-25(21(27)11-17-3-2-9-23-12-17)14-20(19)26(24-15)13-16-4-6-18(22)7-5-16;2-1-3;/h5-8,18H,3-4,9-15H2,1-2H3;4-7,17,23H,2-3,8-14H2,1H3;1H,(H,2,3);1H. The highest BCUT2D eigenvalue weighted by Crippen LogP contribution is 2.27. The molecule has 15 heteroatoms. The van der Waals surface area contributed by atoms with Crippen LogP contribution in [0.2, 0.25) is 0 Å². The summed E-state index contributed by atoms with van der Waals surface area (Å²) < 4.78 is 30.3. The summed E-state index contributed by atoms with van der Waals surface area (Å²) in [6, 6.07) is 13.1. The number of aromatic nitrogens is 4. The molecule has 320 valence electrons. The molecule has 2 aromatic heterocycles. The zero-order valence-corrected chi connectivity index (χ0v) is 35.4. The van der Waals surface area contributed by atoms with E-state index in [0.717, 1.165) is 105 Å². The smallest absolute Gasteiger partial charge is 0.290 e. The fourth-order valence-electron chi connectivity index (χ4n) is 8.85. The number of halogens is 3. The quantitative estimate of drug-likeness (QED) is 0.214. The lowest BCUT2D eigenvalue weighted by Crippen LogP contribution is -2.40. The largest absolute Gasteiger partial charge is 0.483 e. The monoisotopic (exact) mass is 836 g/mol. The highest BCUT2D eigenvalue weighted by Gasteiger charge is 2.30. The van der Waals surface area contributed by atoms with Crippen molar-refractivity contribution < 1.29 is 28.3 Å². The second-order valence-electron chi connectivity index (χ2n) is 16.2. The van der Waals surface area contributed by atoms with Crippen LogP contribution in [0.4, 0.5) is 8.78 Å². The van der Waals surface area contributed by atoms with E-state index in [1.807, 2.05) is 33.0 Å². The predicted octanol–water partition coefficient (Wildman–Crippen LogP) is 5.77. The summed E-state index contributed by atoms with van der Waals surface area (Å²) in [4.78, 5) is 40.4. The van der Waals surface area contributed by atoms with Crippen molar-refractivity contribution in [1.82, 2.24) is 39.6 Å². The fraction of sp³-hybridized carbons (Fsp3) is 0.523. The summed E-state index contributed by atoms with van der Waals surface area (Å²) in [6.45, 7) is 12.0. The van der Waals surface area contributed by atoms with E-state index in [9.17, 15) is 18.4 Å². The van der Waals surface area contributed by atoms with E-state index in [4.69, 9.17) is 20.1 Å². The summed E-state index contributed by atoms with van der Waals surface area (Å²) in [5, 5.41) is 19.7. The molecule has 4 aliphatic heterocycles. The molecule has 59 heavy (non-hydrogen) atoms. The summed E-state index contributed by atoms with van der Waals surface area (Å²) in [7, 11) is 2.14. The highest BCUT2D eigenvalue weighted by atomic mass is 35.5. The number of carbonyl (C=O) groups is 3. The Bertz CT molecular complexity index is 2000. The van der Waals surface area contributed by atoms with Crippen molar-refractivity contribution >= 4 is 30.7 Å². The molecule has 4 aliphatic rings. The first-order valence-electron chi connectivity index (χ1n) is 20.6. The average molecular weight is 837 g/mol. The molecule has 6 heterocycles. The van der Waals surface area contributed by atoms with Crippen LogP contribution in [0.1, 0.15) is 83.6 Å². The number of carbonyl (C=O) groups excluding carboxylic acids is 2. The number of nitrogens with zero attached hydrogens (tertiary/aromatic N) is 7. The molecule has 12 nitrogen and oxygen atoms in total. The number of amides is 2. The molecule has 2 aromatic carbocycles. The van der Waals surface area contributed by atoms with Crippen LogP contribution in [-0.4, -0.2) is 104 Å². The second-order valence-corrected chi connectivity index (χ2v) is 16.2. The molecule has 2 unspecified atom stereocenters. The number of piperidine rings is 2. The number of likely N-dealkylation sites (tertiary alicyclic amines) is 1. The topological polar surface area (TPSA) is 129 Å². The number of rotatable bonds is 8. The molecule has 8 rings (SSSR count). The number of hydrogen-bond acceptors (Lipinski definition) is 7. The molecular weight excluding hydrogens is 778 g/mol. The Morgan fingerprint density at radius 1 is 0.763 bits per heavy atom. The van der Waals surface area contributed by atoms with E-state index in [1.165, 1.54) is 41.8 Å². The van der Waals surface area contributed by atoms with Crippen LogP contribution in [-0.2, 0) is 53.4 Å². The van der Waals surface area contributed by atoms with Crippen LogP contribution in [0.25, 0.3) is 0 Å². The summed E-state index contributed by atoms with van der Waals surface area (Å²) in [5.74, 6) is 0.982. The lowest BCUT2D eigenvalue weighted by molar-refractivity contribution is -0.134. The Morgan fingerprint density at radius 2 is 1.22 bits per heavy atom. The third kappa shape index (κ3) is 12.2. The molecule has 2 fully saturated rings. The second kappa shape index (κ2) is 21.6. The van der Waals surface area contributed by atoms with Crippen LogP contribution in [0, 0.1) is 37.3 Å². The first-order valence-corrected chi connectivity index (χ1v) is 20.6. The van der Waals surface area contributed by atoms with E-state index in [1.54, 1.807) is 24.3 Å². The lowest BCUT2D eigenvalue weighted by Gasteiger charge is -2.33. The van der Waals surface area contributed by atoms with Crippen molar-refractivity contribution in [3.63, 3.8) is 0 Å². The summed E-state index contributed by atoms with van der Waals surface area (Å²) in [5.41, 5.74) is 8.89. The van der Waals surface area contributed by atoms with Gasteiger partial charge in [0.05, 0.1) is 49.0 Å². The zero-order valence-electron chi connectivity index (χ0n) is 34.5. The molecule has 0 aliphatic carbocycles. The van der Waals surface area contributed by atoms with Crippen molar-refractivity contribution in [3.05, 3.63) is 105 Å². The minimum atomic E-state index is -0.250. The Balaban J connectivity index is 0.000000207. The van der Waals surface area contributed by atoms with Gasteiger partial charge in [-0.1, -0.05) is 24.3 Å². The first-order chi connectivity index (χ1) is 28.0. The predicted molar refractivity (Wildman–Crippen MR) is 224 cm³/mol. The van der Waals surface area contributed by atoms with Gasteiger partial charge in [-0.15, -0.1) is 12.4 Å². The van der Waals surface area contributed by atoms with Gasteiger partial charge in [-0.2, -0.15) is 10.2 Å². The van der Waals surface area contributed by atoms with Gasteiger partial charge in [0.1, 0.15) is 11.6 Å². The number of hydrogen-bond donors (Lipinski definition) is 2. The molecule has 2 atom stereocenters. The van der Waals surface area contributed by atoms with Crippen LogP contribution in [0.3, 0.4) is 0 Å². The van der Waals surface area contributed by atoms with Crippen LogP contribution >= 0.6 is 12.4 Å². The van der Waals surface area contributed by atoms with Crippen LogP contribution < -0.4 is 5.32 Å². The van der Waals surface area contributed by atoms with E-state index < -0.39 is 0 Å². The Morgan fingerprint density at radius 3 is 1.66 bits per heavy atom. The van der Waals surface area contributed by atoms with Crippen molar-refractivity contribution in [2.24, 2.45) is 11.8 Å². The summed E-state index contributed by atoms with van der Waals surface area (Å²) in [6.07, 6.45) is 7.63. The third-order valence-corrected chi connectivity index (χ3v) is 11.9. The Hall–Kier alpha value is -4.66. The van der Waals surface area contributed by atoms with Gasteiger partial charge in [0.15, 0.2) is 0 Å². The maximum atomic E-state index is 13.2. The SMILES string of the molecule is Cc1nn(Cc2ccc(F)cc2)c2c1CCN(C(=O)CC1CCCN(C)C1)C2.Cc1nn(Cc2ccc(F)cc2)c2c1CCN(C(=O)CC1CCCNC1)C2.Cl.O=CO. The molecule has 4 aromatic rings. The van der Waals surface area contributed by atoms with E-state index in [-0.39, 0.29) is 42.3 Å². The van der Waals surface area contributed by atoms with Gasteiger partial charge in [-0.05, 0) is 137 Å². The summed E-state index contributed by atoms with van der Waals surface area (Å²) >= 11 is 0. The minimum absolute atomic E-state index is 0. The van der Waals surface area contributed by atoms with Gasteiger partial charge in [-0.3, -0.25) is 23.7 Å². The van der Waals surface area contributed by atoms with E-state index >= 15 is 0 Å². The van der Waals surface area contributed by atoms with Crippen molar-refractivity contribution in [2.75, 3.05) is 46.3 Å². The Labute approximate surface area is 352 Å². The fourth-order valence-corrected chi connectivity index (χ4v) is 8.85. The van der Waals surface area contributed by atoms with Gasteiger partial charge in [0, 0.05) is 32.5 Å². The Kier molecular flexibility index (Phi) is 16.6. The van der Waals surface area contributed by atoms with Crippen LogP contribution in [0.5, 0.6) is 0 Å². The van der Waals surface area contributed by atoms with Gasteiger partial charge in [0.25, 0.3) is 6.47 Å². The van der Waals surface area contributed by atoms with Gasteiger partial charge in [-0.25, -0.2) is 8.78 Å². The zero-order chi connectivity index (χ0) is 41.2. The number of benzene rings is 2. The van der Waals surface area contributed by atoms with Gasteiger partial charge >= 0.3 is 0 Å². The van der Waals surface area contributed by atoms with Crippen LogP contribution in [0.15, 0.2) is 48.5 Å². The molecule has 0 spiro atoms. The van der Waals surface area contributed by atoms with Crippen molar-refractivity contribution in [2.45, 2.75) is 91.4 Å².